The molecule has 1 fully saturated rings. The second kappa shape index (κ2) is 7.02. The highest BCUT2D eigenvalue weighted by molar-refractivity contribution is 6.03. The minimum Gasteiger partial charge on any atom is -0.325 e. The minimum atomic E-state index is -4.51. The number of hydrogen-bond donors (Lipinski definition) is 0. The summed E-state index contributed by atoms with van der Waals surface area (Å²) in [6.07, 6.45) is -4.51. The average molecular weight is 380 g/mol. The topological polar surface area (TPSA) is 40.6 Å². The Morgan fingerprint density at radius 3 is 2.37 bits per heavy atom. The molecule has 2 aromatic rings. The van der Waals surface area contributed by atoms with Gasteiger partial charge in [-0.1, -0.05) is 6.07 Å². The van der Waals surface area contributed by atoms with Crippen LogP contribution in [-0.2, 0) is 11.0 Å². The standard InChI is InChI=1S/C19H16F4N2O2/c1-12-17(26)25(16-4-2-3-14(11-16)19(21,22)23)10-9-24(12)18(27)13-5-7-15(20)8-6-13/h2-8,11-12H,9-10H2,1H3/t12-/m0/s1. The van der Waals surface area contributed by atoms with E-state index in [-0.39, 0.29) is 24.3 Å². The van der Waals surface area contributed by atoms with Gasteiger partial charge in [0, 0.05) is 24.3 Å². The van der Waals surface area contributed by atoms with Gasteiger partial charge in [0.1, 0.15) is 11.9 Å². The van der Waals surface area contributed by atoms with E-state index in [2.05, 4.69) is 0 Å². The molecule has 0 spiro atoms. The monoisotopic (exact) mass is 380 g/mol. The molecule has 8 heteroatoms. The van der Waals surface area contributed by atoms with Crippen LogP contribution < -0.4 is 4.90 Å². The number of nitrogens with zero attached hydrogens (tertiary/aromatic N) is 2. The lowest BCUT2D eigenvalue weighted by Crippen LogP contribution is -2.57. The lowest BCUT2D eigenvalue weighted by atomic mass is 10.1. The van der Waals surface area contributed by atoms with Crippen LogP contribution in [0.15, 0.2) is 48.5 Å². The highest BCUT2D eigenvalue weighted by Gasteiger charge is 2.36. The molecule has 3 rings (SSSR count). The molecule has 2 aromatic carbocycles. The van der Waals surface area contributed by atoms with Crippen LogP contribution in [0.3, 0.4) is 0 Å². The van der Waals surface area contributed by atoms with Crippen molar-refractivity contribution in [2.24, 2.45) is 0 Å². The van der Waals surface area contributed by atoms with Crippen LogP contribution in [0.2, 0.25) is 0 Å². The zero-order valence-corrected chi connectivity index (χ0v) is 14.3. The summed E-state index contributed by atoms with van der Waals surface area (Å²) < 4.78 is 51.8. The highest BCUT2D eigenvalue weighted by Crippen LogP contribution is 2.32. The maximum atomic E-state index is 13.0. The van der Waals surface area contributed by atoms with E-state index in [1.165, 1.54) is 41.0 Å². The van der Waals surface area contributed by atoms with E-state index in [0.717, 1.165) is 24.3 Å². The van der Waals surface area contributed by atoms with Crippen LogP contribution in [-0.4, -0.2) is 35.8 Å². The van der Waals surface area contributed by atoms with Gasteiger partial charge in [-0.3, -0.25) is 9.59 Å². The summed E-state index contributed by atoms with van der Waals surface area (Å²) in [5.74, 6) is -1.39. The van der Waals surface area contributed by atoms with Gasteiger partial charge in [-0.05, 0) is 49.4 Å². The van der Waals surface area contributed by atoms with Gasteiger partial charge in [-0.2, -0.15) is 13.2 Å². The minimum absolute atomic E-state index is 0.0669. The van der Waals surface area contributed by atoms with Gasteiger partial charge < -0.3 is 9.80 Å². The summed E-state index contributed by atoms with van der Waals surface area (Å²) in [5, 5.41) is 0. The van der Waals surface area contributed by atoms with E-state index >= 15 is 0 Å². The molecule has 0 bridgehead atoms. The van der Waals surface area contributed by atoms with Gasteiger partial charge in [0.25, 0.3) is 5.91 Å². The molecule has 0 aromatic heterocycles. The summed E-state index contributed by atoms with van der Waals surface area (Å²) in [6, 6.07) is 8.63. The van der Waals surface area contributed by atoms with Crippen molar-refractivity contribution >= 4 is 17.5 Å². The maximum absolute atomic E-state index is 13.0. The molecule has 27 heavy (non-hydrogen) atoms. The molecular formula is C19H16F4N2O2. The van der Waals surface area contributed by atoms with Crippen LogP contribution >= 0.6 is 0 Å². The summed E-state index contributed by atoms with van der Waals surface area (Å²) in [6.45, 7) is 1.74. The van der Waals surface area contributed by atoms with Crippen molar-refractivity contribution in [3.63, 3.8) is 0 Å². The maximum Gasteiger partial charge on any atom is 0.416 e. The van der Waals surface area contributed by atoms with E-state index in [1.54, 1.807) is 0 Å². The SMILES string of the molecule is C[C@H]1C(=O)N(c2cccc(C(F)(F)F)c2)CCN1C(=O)c1ccc(F)cc1. The van der Waals surface area contributed by atoms with Crippen molar-refractivity contribution in [2.75, 3.05) is 18.0 Å². The zero-order chi connectivity index (χ0) is 19.8. The first-order valence-electron chi connectivity index (χ1n) is 8.23. The Hall–Kier alpha value is -2.90. The quantitative estimate of drug-likeness (QED) is 0.745. The Morgan fingerprint density at radius 1 is 1.07 bits per heavy atom. The molecule has 1 aliphatic heterocycles. The molecule has 0 radical (unpaired) electrons. The fourth-order valence-corrected chi connectivity index (χ4v) is 3.01. The number of carbonyl (C=O) groups excluding carboxylic acids is 2. The molecule has 0 aliphatic carbocycles. The molecule has 4 nitrogen and oxygen atoms in total. The Balaban J connectivity index is 1.81. The number of benzene rings is 2. The molecule has 0 N–H and O–H groups in total. The van der Waals surface area contributed by atoms with Gasteiger partial charge in [0.05, 0.1) is 5.56 Å². The van der Waals surface area contributed by atoms with Crippen molar-refractivity contribution in [1.82, 2.24) is 4.90 Å². The average Bonchev–Trinajstić information content (AvgIpc) is 2.63. The first kappa shape index (κ1) is 18.9. The lowest BCUT2D eigenvalue weighted by Gasteiger charge is -2.39. The molecular weight excluding hydrogens is 364 g/mol. The van der Waals surface area contributed by atoms with Crippen LogP contribution in [0.4, 0.5) is 23.2 Å². The number of hydrogen-bond acceptors (Lipinski definition) is 2. The predicted octanol–water partition coefficient (Wildman–Crippen LogP) is 3.72. The second-order valence-electron chi connectivity index (χ2n) is 6.22. The fourth-order valence-electron chi connectivity index (χ4n) is 3.01. The van der Waals surface area contributed by atoms with E-state index in [1.807, 2.05) is 0 Å². The third-order valence-electron chi connectivity index (χ3n) is 4.49. The Bertz CT molecular complexity index is 865. The van der Waals surface area contributed by atoms with Crippen LogP contribution in [0, 0.1) is 5.82 Å². The van der Waals surface area contributed by atoms with Gasteiger partial charge in [0.15, 0.2) is 0 Å². The number of anilines is 1. The van der Waals surface area contributed by atoms with Crippen molar-refractivity contribution in [1.29, 1.82) is 0 Å². The second-order valence-corrected chi connectivity index (χ2v) is 6.22. The first-order chi connectivity index (χ1) is 12.7. The summed E-state index contributed by atoms with van der Waals surface area (Å²) in [7, 11) is 0. The van der Waals surface area contributed by atoms with Crippen molar-refractivity contribution in [2.45, 2.75) is 19.1 Å². The zero-order valence-electron chi connectivity index (χ0n) is 14.3. The van der Waals surface area contributed by atoms with Crippen molar-refractivity contribution < 1.29 is 27.2 Å². The molecule has 1 saturated heterocycles. The molecule has 1 atom stereocenters. The highest BCUT2D eigenvalue weighted by atomic mass is 19.4. The number of rotatable bonds is 2. The lowest BCUT2D eigenvalue weighted by molar-refractivity contribution is -0.137. The largest absolute Gasteiger partial charge is 0.416 e. The van der Waals surface area contributed by atoms with E-state index in [0.29, 0.717) is 0 Å². The van der Waals surface area contributed by atoms with Gasteiger partial charge in [-0.25, -0.2) is 4.39 Å². The smallest absolute Gasteiger partial charge is 0.325 e. The number of piperazine rings is 1. The third-order valence-corrected chi connectivity index (χ3v) is 4.49. The predicted molar refractivity (Wildman–Crippen MR) is 90.7 cm³/mol. The van der Waals surface area contributed by atoms with Gasteiger partial charge >= 0.3 is 6.18 Å². The van der Waals surface area contributed by atoms with Crippen molar-refractivity contribution in [3.05, 3.63) is 65.5 Å². The number of halogens is 4. The first-order valence-corrected chi connectivity index (χ1v) is 8.23. The third kappa shape index (κ3) is 3.79. The summed E-state index contributed by atoms with van der Waals surface area (Å²) >= 11 is 0. The molecule has 2 amide bonds. The molecule has 142 valence electrons. The van der Waals surface area contributed by atoms with Gasteiger partial charge in [0.2, 0.25) is 5.91 Å². The number of alkyl halides is 3. The van der Waals surface area contributed by atoms with Crippen LogP contribution in [0.5, 0.6) is 0 Å². The van der Waals surface area contributed by atoms with Crippen LogP contribution in [0.1, 0.15) is 22.8 Å². The molecule has 0 unspecified atom stereocenters. The molecule has 1 aliphatic rings. The normalized spacial score (nSPS) is 18.0. The fraction of sp³-hybridized carbons (Fsp3) is 0.263. The van der Waals surface area contributed by atoms with Crippen LogP contribution in [0.25, 0.3) is 0 Å². The van der Waals surface area contributed by atoms with E-state index in [9.17, 15) is 27.2 Å². The molecule has 0 saturated carbocycles. The van der Waals surface area contributed by atoms with Gasteiger partial charge in [-0.15, -0.1) is 0 Å². The van der Waals surface area contributed by atoms with E-state index in [4.69, 9.17) is 0 Å². The Morgan fingerprint density at radius 2 is 1.74 bits per heavy atom. The van der Waals surface area contributed by atoms with E-state index < -0.39 is 35.4 Å². The number of carbonyl (C=O) groups is 2. The number of amides is 2. The Kier molecular flexibility index (Phi) is 4.91. The summed E-state index contributed by atoms with van der Waals surface area (Å²) in [5.41, 5.74) is -0.468. The Labute approximate surface area is 153 Å². The summed E-state index contributed by atoms with van der Waals surface area (Å²) in [4.78, 5) is 27.8. The molecule has 1 heterocycles. The van der Waals surface area contributed by atoms with Crippen molar-refractivity contribution in [3.8, 4) is 0 Å².